The molecule has 0 spiro atoms. The Kier molecular flexibility index (Phi) is 4.37. The van der Waals surface area contributed by atoms with Crippen molar-refractivity contribution < 1.29 is 17.9 Å². The molecule has 0 radical (unpaired) electrons. The Bertz CT molecular complexity index is 1060. The highest BCUT2D eigenvalue weighted by Crippen LogP contribution is 2.34. The number of ether oxygens (including phenoxy) is 1. The first kappa shape index (κ1) is 16.9. The van der Waals surface area contributed by atoms with E-state index in [0.29, 0.717) is 4.52 Å². The van der Waals surface area contributed by atoms with Crippen LogP contribution in [0.4, 0.5) is 13.2 Å². The van der Waals surface area contributed by atoms with Crippen LogP contribution in [0.5, 0.6) is 6.01 Å². The second-order valence-electron chi connectivity index (χ2n) is 4.77. The average Bonchev–Trinajstić information content (AvgIpc) is 2.96. The maximum Gasteiger partial charge on any atom is 0.352 e. The number of hydrogen-bond acceptors (Lipinski definition) is 4. The first-order valence-electron chi connectivity index (χ1n) is 6.75. The highest BCUT2D eigenvalue weighted by molar-refractivity contribution is 6.30. The Morgan fingerprint density at radius 2 is 2.20 bits per heavy atom. The van der Waals surface area contributed by atoms with Crippen LogP contribution in [0.2, 0.25) is 5.02 Å². The molecule has 0 atom stereocenters. The molecule has 0 unspecified atom stereocenters. The van der Waals surface area contributed by atoms with Gasteiger partial charge in [0, 0.05) is 0 Å². The second kappa shape index (κ2) is 6.49. The number of rotatable bonds is 4. The SMILES string of the molecule is C#CCOc1nc2c(-c3ccc(Cl)c(F)c3)c(C(F)F)nn2c(=O)[nH]1. The van der Waals surface area contributed by atoms with Crippen molar-refractivity contribution in [1.29, 1.82) is 0 Å². The molecule has 2 heterocycles. The van der Waals surface area contributed by atoms with Crippen LogP contribution >= 0.6 is 11.6 Å². The summed E-state index contributed by atoms with van der Waals surface area (Å²) in [6, 6.07) is 3.20. The zero-order chi connectivity index (χ0) is 18.1. The first-order chi connectivity index (χ1) is 11.9. The predicted octanol–water partition coefficient (Wildman–Crippen LogP) is 2.83. The summed E-state index contributed by atoms with van der Waals surface area (Å²) >= 11 is 5.62. The molecule has 2 aromatic heterocycles. The van der Waals surface area contributed by atoms with Gasteiger partial charge in [0.25, 0.3) is 6.43 Å². The number of nitrogens with zero attached hydrogens (tertiary/aromatic N) is 3. The van der Waals surface area contributed by atoms with E-state index in [1.165, 1.54) is 12.1 Å². The Balaban J connectivity index is 2.32. The zero-order valence-electron chi connectivity index (χ0n) is 12.3. The van der Waals surface area contributed by atoms with E-state index in [-0.39, 0.29) is 34.4 Å². The number of benzene rings is 1. The van der Waals surface area contributed by atoms with Crippen molar-refractivity contribution in [3.8, 4) is 29.5 Å². The van der Waals surface area contributed by atoms with Gasteiger partial charge in [-0.3, -0.25) is 4.98 Å². The molecule has 0 saturated heterocycles. The minimum absolute atomic E-state index is 0.0354. The quantitative estimate of drug-likeness (QED) is 0.719. The van der Waals surface area contributed by atoms with Crippen molar-refractivity contribution in [2.24, 2.45) is 0 Å². The van der Waals surface area contributed by atoms with Crippen molar-refractivity contribution in [3.63, 3.8) is 0 Å². The number of hydrogen-bond donors (Lipinski definition) is 1. The summed E-state index contributed by atoms with van der Waals surface area (Å²) in [5.74, 6) is 1.36. The predicted molar refractivity (Wildman–Crippen MR) is 83.3 cm³/mol. The van der Waals surface area contributed by atoms with Gasteiger partial charge in [0.1, 0.15) is 11.5 Å². The molecule has 10 heteroatoms. The Morgan fingerprint density at radius 3 is 2.84 bits per heavy atom. The summed E-state index contributed by atoms with van der Waals surface area (Å²) in [7, 11) is 0. The molecule has 0 saturated carbocycles. The van der Waals surface area contributed by atoms with Crippen molar-refractivity contribution in [1.82, 2.24) is 19.6 Å². The molecule has 128 valence electrons. The van der Waals surface area contributed by atoms with Crippen LogP contribution in [-0.4, -0.2) is 26.2 Å². The lowest BCUT2D eigenvalue weighted by Gasteiger charge is -2.05. The number of H-pyrrole nitrogens is 1. The fourth-order valence-electron chi connectivity index (χ4n) is 2.20. The fourth-order valence-corrected chi connectivity index (χ4v) is 2.32. The molecule has 0 bridgehead atoms. The van der Waals surface area contributed by atoms with Gasteiger partial charge in [-0.25, -0.2) is 18.0 Å². The smallest absolute Gasteiger partial charge is 0.352 e. The summed E-state index contributed by atoms with van der Waals surface area (Å²) in [6.07, 6.45) is 2.03. The van der Waals surface area contributed by atoms with E-state index in [0.717, 1.165) is 6.07 Å². The van der Waals surface area contributed by atoms with Crippen LogP contribution in [0.1, 0.15) is 12.1 Å². The van der Waals surface area contributed by atoms with E-state index < -0.39 is 23.6 Å². The first-order valence-corrected chi connectivity index (χ1v) is 7.13. The second-order valence-corrected chi connectivity index (χ2v) is 5.17. The third-order valence-electron chi connectivity index (χ3n) is 3.21. The highest BCUT2D eigenvalue weighted by atomic mass is 35.5. The molecule has 1 N–H and O–H groups in total. The summed E-state index contributed by atoms with van der Waals surface area (Å²) in [4.78, 5) is 18.2. The lowest BCUT2D eigenvalue weighted by molar-refractivity contribution is 0.146. The van der Waals surface area contributed by atoms with Gasteiger partial charge in [-0.2, -0.15) is 14.6 Å². The normalized spacial score (nSPS) is 11.0. The van der Waals surface area contributed by atoms with E-state index in [4.69, 9.17) is 22.8 Å². The molecule has 1 aromatic carbocycles. The van der Waals surface area contributed by atoms with Crippen LogP contribution < -0.4 is 10.4 Å². The van der Waals surface area contributed by atoms with Crippen LogP contribution in [0.3, 0.4) is 0 Å². The minimum Gasteiger partial charge on any atom is -0.451 e. The molecule has 0 aliphatic rings. The lowest BCUT2D eigenvalue weighted by atomic mass is 10.1. The molecule has 0 amide bonds. The Labute approximate surface area is 143 Å². The Morgan fingerprint density at radius 1 is 1.44 bits per heavy atom. The third kappa shape index (κ3) is 3.04. The van der Waals surface area contributed by atoms with Crippen LogP contribution in [0.25, 0.3) is 16.8 Å². The monoisotopic (exact) mass is 368 g/mol. The van der Waals surface area contributed by atoms with Gasteiger partial charge in [-0.15, -0.1) is 6.42 Å². The van der Waals surface area contributed by atoms with Crippen LogP contribution in [0.15, 0.2) is 23.0 Å². The van der Waals surface area contributed by atoms with Gasteiger partial charge < -0.3 is 4.74 Å². The molecule has 0 aliphatic carbocycles. The van der Waals surface area contributed by atoms with Crippen molar-refractivity contribution in [3.05, 3.63) is 45.2 Å². The van der Waals surface area contributed by atoms with Gasteiger partial charge in [-0.1, -0.05) is 23.6 Å². The fraction of sp³-hybridized carbons (Fsp3) is 0.133. The molecule has 3 rings (SSSR count). The lowest BCUT2D eigenvalue weighted by Crippen LogP contribution is -2.20. The molecular weight excluding hydrogens is 361 g/mol. The maximum atomic E-state index is 13.7. The van der Waals surface area contributed by atoms with Crippen molar-refractivity contribution in [2.75, 3.05) is 6.61 Å². The van der Waals surface area contributed by atoms with Crippen molar-refractivity contribution >= 4 is 17.2 Å². The number of alkyl halides is 2. The van der Waals surface area contributed by atoms with Gasteiger partial charge >= 0.3 is 11.7 Å². The van der Waals surface area contributed by atoms with E-state index in [2.05, 4.69) is 21.0 Å². The molecule has 0 fully saturated rings. The third-order valence-corrected chi connectivity index (χ3v) is 3.52. The van der Waals surface area contributed by atoms with Crippen molar-refractivity contribution in [2.45, 2.75) is 6.43 Å². The summed E-state index contributed by atoms with van der Waals surface area (Å²) in [6.45, 7) is -0.195. The number of fused-ring (bicyclic) bond motifs is 1. The maximum absolute atomic E-state index is 13.7. The van der Waals surface area contributed by atoms with E-state index in [1.54, 1.807) is 0 Å². The number of nitrogens with one attached hydrogen (secondary N) is 1. The summed E-state index contributed by atoms with van der Waals surface area (Å²) in [5, 5.41) is 3.39. The van der Waals surface area contributed by atoms with Crippen LogP contribution in [0, 0.1) is 18.2 Å². The standard InChI is InChI=1S/C15H8ClF3N4O2/c1-2-5-25-14-20-13-10(7-3-4-8(16)9(17)6-7)11(12(18)19)22-23(13)15(24)21-14/h1,3-4,6,12H,5H2,(H,20,21,24). The molecular formula is C15H8ClF3N4O2. The number of aromatic amines is 1. The van der Waals surface area contributed by atoms with Crippen LogP contribution in [-0.2, 0) is 0 Å². The average molecular weight is 369 g/mol. The van der Waals surface area contributed by atoms with E-state index in [1.807, 2.05) is 0 Å². The number of halogens is 4. The van der Waals surface area contributed by atoms with E-state index in [9.17, 15) is 18.0 Å². The number of terminal acetylenes is 1. The van der Waals surface area contributed by atoms with Gasteiger partial charge in [-0.05, 0) is 17.7 Å². The van der Waals surface area contributed by atoms with Gasteiger partial charge in [0.05, 0.1) is 10.6 Å². The zero-order valence-corrected chi connectivity index (χ0v) is 13.0. The summed E-state index contributed by atoms with van der Waals surface area (Å²) in [5.41, 5.74) is -1.99. The summed E-state index contributed by atoms with van der Waals surface area (Å²) < 4.78 is 46.2. The molecule has 25 heavy (non-hydrogen) atoms. The number of aromatic nitrogens is 4. The molecule has 6 nitrogen and oxygen atoms in total. The van der Waals surface area contributed by atoms with Gasteiger partial charge in [0.15, 0.2) is 12.3 Å². The molecule has 3 aromatic rings. The minimum atomic E-state index is -3.02. The highest BCUT2D eigenvalue weighted by Gasteiger charge is 2.25. The largest absolute Gasteiger partial charge is 0.451 e. The van der Waals surface area contributed by atoms with Gasteiger partial charge in [0.2, 0.25) is 0 Å². The topological polar surface area (TPSA) is 72.3 Å². The van der Waals surface area contributed by atoms with E-state index >= 15 is 0 Å². The molecule has 0 aliphatic heterocycles. The Hall–Kier alpha value is -2.99.